The van der Waals surface area contributed by atoms with Gasteiger partial charge in [-0.25, -0.2) is 0 Å². The third-order valence-electron chi connectivity index (χ3n) is 2.62. The second-order valence-corrected chi connectivity index (χ2v) is 5.89. The fourth-order valence-electron chi connectivity index (χ4n) is 1.69. The second-order valence-electron chi connectivity index (χ2n) is 4.19. The van der Waals surface area contributed by atoms with Crippen LogP contribution in [0.1, 0.15) is 11.1 Å². The van der Waals surface area contributed by atoms with Crippen LogP contribution >= 0.6 is 7.60 Å². The molecule has 0 aliphatic rings. The Bertz CT molecular complexity index is 593. The quantitative estimate of drug-likeness (QED) is 0.798. The van der Waals surface area contributed by atoms with Crippen LogP contribution in [0.25, 0.3) is 0 Å². The van der Waals surface area contributed by atoms with Crippen LogP contribution in [0.5, 0.6) is 5.75 Å². The summed E-state index contributed by atoms with van der Waals surface area (Å²) in [6.07, 6.45) is 0. The Morgan fingerprint density at radius 2 is 1.72 bits per heavy atom. The Kier molecular flexibility index (Phi) is 3.55. The lowest BCUT2D eigenvalue weighted by atomic mass is 10.1. The van der Waals surface area contributed by atoms with Crippen LogP contribution in [0.2, 0.25) is 0 Å². The summed E-state index contributed by atoms with van der Waals surface area (Å²) in [4.78, 5) is 12.0. The standard InChI is InChI=1S/C14H15O3P/c1-11-8-9-14(12(2)10-11)17-18(15,16)13-6-4-3-5-7-13/h3-10H,1-2H3,(H,15,16)/p-1. The predicted molar refractivity (Wildman–Crippen MR) is 70.2 cm³/mol. The molecule has 0 aromatic heterocycles. The van der Waals surface area contributed by atoms with Crippen LogP contribution < -0.4 is 14.7 Å². The lowest BCUT2D eigenvalue weighted by molar-refractivity contribution is -0.186. The summed E-state index contributed by atoms with van der Waals surface area (Å²) in [5.41, 5.74) is 1.88. The van der Waals surface area contributed by atoms with Crippen molar-refractivity contribution >= 4 is 12.9 Å². The van der Waals surface area contributed by atoms with E-state index in [2.05, 4.69) is 0 Å². The number of rotatable bonds is 3. The zero-order valence-corrected chi connectivity index (χ0v) is 11.2. The first-order valence-corrected chi connectivity index (χ1v) is 7.17. The van der Waals surface area contributed by atoms with E-state index in [9.17, 15) is 9.46 Å². The third kappa shape index (κ3) is 2.81. The molecule has 4 heteroatoms. The number of hydrogen-bond acceptors (Lipinski definition) is 3. The molecule has 0 fully saturated rings. The molecule has 0 heterocycles. The largest absolute Gasteiger partial charge is 0.765 e. The van der Waals surface area contributed by atoms with E-state index >= 15 is 0 Å². The van der Waals surface area contributed by atoms with Crippen LogP contribution in [-0.4, -0.2) is 0 Å². The van der Waals surface area contributed by atoms with Crippen LogP contribution in [-0.2, 0) is 4.57 Å². The summed E-state index contributed by atoms with van der Waals surface area (Å²) in [5.74, 6) is 0.378. The van der Waals surface area contributed by atoms with Crippen LogP contribution in [0.3, 0.4) is 0 Å². The molecule has 0 bridgehead atoms. The maximum absolute atomic E-state index is 12.0. The van der Waals surface area contributed by atoms with Gasteiger partial charge in [-0.2, -0.15) is 0 Å². The van der Waals surface area contributed by atoms with E-state index in [0.717, 1.165) is 11.1 Å². The van der Waals surface area contributed by atoms with Crippen LogP contribution in [0, 0.1) is 13.8 Å². The molecule has 94 valence electrons. The van der Waals surface area contributed by atoms with Gasteiger partial charge in [0.1, 0.15) is 5.75 Å². The average molecular weight is 261 g/mol. The lowest BCUT2D eigenvalue weighted by Crippen LogP contribution is -2.19. The van der Waals surface area contributed by atoms with E-state index in [1.165, 1.54) is 12.1 Å². The Balaban J connectivity index is 2.31. The minimum Gasteiger partial charge on any atom is -0.765 e. The van der Waals surface area contributed by atoms with Crippen molar-refractivity contribution in [3.63, 3.8) is 0 Å². The van der Waals surface area contributed by atoms with E-state index in [-0.39, 0.29) is 5.30 Å². The molecular weight excluding hydrogens is 247 g/mol. The summed E-state index contributed by atoms with van der Waals surface area (Å²) < 4.78 is 17.2. The molecule has 0 saturated carbocycles. The molecule has 0 aliphatic carbocycles. The highest BCUT2D eigenvalue weighted by molar-refractivity contribution is 7.60. The van der Waals surface area contributed by atoms with Gasteiger partial charge in [0.25, 0.3) is 0 Å². The Morgan fingerprint density at radius 3 is 2.33 bits per heavy atom. The van der Waals surface area contributed by atoms with Crippen molar-refractivity contribution in [2.24, 2.45) is 0 Å². The van der Waals surface area contributed by atoms with E-state index in [4.69, 9.17) is 4.52 Å². The Hall–Kier alpha value is -1.57. The van der Waals surface area contributed by atoms with Gasteiger partial charge in [0.2, 0.25) is 7.60 Å². The highest BCUT2D eigenvalue weighted by atomic mass is 31.2. The highest BCUT2D eigenvalue weighted by Gasteiger charge is 2.14. The van der Waals surface area contributed by atoms with Crippen molar-refractivity contribution < 1.29 is 14.0 Å². The molecule has 0 radical (unpaired) electrons. The maximum Gasteiger partial charge on any atom is 0.214 e. The molecule has 0 saturated heterocycles. The fourth-order valence-corrected chi connectivity index (χ4v) is 2.80. The molecule has 1 atom stereocenters. The van der Waals surface area contributed by atoms with Gasteiger partial charge in [-0.05, 0) is 37.6 Å². The highest BCUT2D eigenvalue weighted by Crippen LogP contribution is 2.38. The minimum atomic E-state index is -4.06. The van der Waals surface area contributed by atoms with Crippen molar-refractivity contribution in [2.45, 2.75) is 13.8 Å². The Morgan fingerprint density at radius 1 is 1.06 bits per heavy atom. The van der Waals surface area contributed by atoms with Crippen molar-refractivity contribution in [3.8, 4) is 5.75 Å². The van der Waals surface area contributed by atoms with Gasteiger partial charge < -0.3 is 9.42 Å². The topological polar surface area (TPSA) is 49.4 Å². The van der Waals surface area contributed by atoms with Gasteiger partial charge in [0.15, 0.2) is 0 Å². The van der Waals surface area contributed by atoms with Gasteiger partial charge in [-0.1, -0.05) is 35.9 Å². The van der Waals surface area contributed by atoms with Crippen LogP contribution in [0.15, 0.2) is 48.5 Å². The van der Waals surface area contributed by atoms with Gasteiger partial charge in [0.05, 0.1) is 0 Å². The first-order valence-electron chi connectivity index (χ1n) is 5.62. The molecule has 2 rings (SSSR count). The van der Waals surface area contributed by atoms with Crippen molar-refractivity contribution in [2.75, 3.05) is 0 Å². The van der Waals surface area contributed by atoms with Crippen molar-refractivity contribution in [1.29, 1.82) is 0 Å². The molecule has 3 nitrogen and oxygen atoms in total. The van der Waals surface area contributed by atoms with Gasteiger partial charge >= 0.3 is 0 Å². The van der Waals surface area contributed by atoms with Gasteiger partial charge in [-0.3, -0.25) is 4.57 Å². The number of benzene rings is 2. The first kappa shape index (κ1) is 12.9. The number of hydrogen-bond donors (Lipinski definition) is 0. The fraction of sp³-hybridized carbons (Fsp3) is 0.143. The number of aryl methyl sites for hydroxylation is 2. The summed E-state index contributed by atoms with van der Waals surface area (Å²) in [7, 11) is -4.06. The van der Waals surface area contributed by atoms with E-state index in [1.807, 2.05) is 26.0 Å². The van der Waals surface area contributed by atoms with Crippen molar-refractivity contribution in [3.05, 3.63) is 59.7 Å². The zero-order chi connectivity index (χ0) is 13.2. The first-order chi connectivity index (χ1) is 8.49. The van der Waals surface area contributed by atoms with Crippen molar-refractivity contribution in [1.82, 2.24) is 0 Å². The summed E-state index contributed by atoms with van der Waals surface area (Å²) in [6.45, 7) is 3.78. The second kappa shape index (κ2) is 4.97. The molecule has 1 unspecified atom stereocenters. The summed E-state index contributed by atoms with van der Waals surface area (Å²) in [6, 6.07) is 13.6. The molecule has 0 spiro atoms. The summed E-state index contributed by atoms with van der Waals surface area (Å²) in [5, 5.41) is 0.185. The lowest BCUT2D eigenvalue weighted by Gasteiger charge is -2.25. The predicted octanol–water partition coefficient (Wildman–Crippen LogP) is 2.56. The van der Waals surface area contributed by atoms with E-state index < -0.39 is 7.60 Å². The Labute approximate surface area is 107 Å². The van der Waals surface area contributed by atoms with E-state index in [0.29, 0.717) is 5.75 Å². The molecule has 0 aliphatic heterocycles. The monoisotopic (exact) mass is 261 g/mol. The molecular formula is C14H14O3P-. The molecule has 2 aromatic rings. The van der Waals surface area contributed by atoms with Crippen LogP contribution in [0.4, 0.5) is 0 Å². The zero-order valence-electron chi connectivity index (χ0n) is 10.3. The SMILES string of the molecule is Cc1ccc(OP(=O)([O-])c2ccccc2)c(C)c1. The van der Waals surface area contributed by atoms with Gasteiger partial charge in [-0.15, -0.1) is 0 Å². The van der Waals surface area contributed by atoms with E-state index in [1.54, 1.807) is 24.3 Å². The molecule has 2 aromatic carbocycles. The van der Waals surface area contributed by atoms with Gasteiger partial charge in [0, 0.05) is 5.30 Å². The smallest absolute Gasteiger partial charge is 0.214 e. The normalized spacial score (nSPS) is 13.9. The molecule has 0 amide bonds. The minimum absolute atomic E-state index is 0.185. The molecule has 0 N–H and O–H groups in total. The average Bonchev–Trinajstić information content (AvgIpc) is 2.34. The maximum atomic E-state index is 12.0. The third-order valence-corrected chi connectivity index (χ3v) is 3.99. The summed E-state index contributed by atoms with van der Waals surface area (Å²) >= 11 is 0. The molecule has 18 heavy (non-hydrogen) atoms.